The largest absolute Gasteiger partial charge is 0.447 e. The van der Waals surface area contributed by atoms with Gasteiger partial charge in [-0.1, -0.05) is 38.4 Å². The maximum absolute atomic E-state index is 14.1. The zero-order valence-corrected chi connectivity index (χ0v) is 22.4. The van der Waals surface area contributed by atoms with E-state index in [1.54, 1.807) is 26.8 Å². The van der Waals surface area contributed by atoms with E-state index in [0.29, 0.717) is 18.5 Å². The van der Waals surface area contributed by atoms with Gasteiger partial charge < -0.3 is 10.1 Å². The fourth-order valence-electron chi connectivity index (χ4n) is 4.75. The summed E-state index contributed by atoms with van der Waals surface area (Å²) in [5.41, 5.74) is -1.35. The Morgan fingerprint density at radius 3 is 2.49 bits per heavy atom. The van der Waals surface area contributed by atoms with Crippen LogP contribution >= 0.6 is 11.6 Å². The molecule has 1 aliphatic carbocycles. The average Bonchev–Trinajstić information content (AvgIpc) is 3.33. The van der Waals surface area contributed by atoms with Crippen molar-refractivity contribution in [2.24, 2.45) is 0 Å². The molecule has 0 spiro atoms. The second-order valence-electron chi connectivity index (χ2n) is 10.9. The Bertz CT molecular complexity index is 1410. The molecule has 1 unspecified atom stereocenters. The van der Waals surface area contributed by atoms with Crippen molar-refractivity contribution in [2.45, 2.75) is 69.9 Å². The van der Waals surface area contributed by atoms with Crippen molar-refractivity contribution in [2.75, 3.05) is 16.8 Å². The molecule has 2 atom stereocenters. The standard InChI is InChI=1S/C26H27ClF4N6O2/c1-14(28)18-12-39-23(38)37(18)19-7-10-32-22(34-19)35-25(8-9-25)20-21(27)36(13-33-20)15-5-6-16(24(2,3)4)17(11-15)26(29,30)31/h5-7,10-11,13-14,18H,8-9,12H2,1-4H3,(H,32,34,35)/t14-,18?/m0/s1. The number of nitrogens with one attached hydrogen (secondary N) is 1. The molecule has 1 saturated heterocycles. The summed E-state index contributed by atoms with van der Waals surface area (Å²) < 4.78 is 62.2. The van der Waals surface area contributed by atoms with E-state index in [2.05, 4.69) is 20.3 Å². The van der Waals surface area contributed by atoms with E-state index in [4.69, 9.17) is 16.3 Å². The van der Waals surface area contributed by atoms with Crippen molar-refractivity contribution in [3.63, 3.8) is 0 Å². The Labute approximate surface area is 227 Å². The molecular weight excluding hydrogens is 540 g/mol. The van der Waals surface area contributed by atoms with Gasteiger partial charge in [-0.15, -0.1) is 0 Å². The molecule has 1 aliphatic heterocycles. The number of nitrogens with zero attached hydrogens (tertiary/aromatic N) is 5. The molecule has 3 aromatic rings. The number of alkyl halides is 4. The molecule has 1 aromatic carbocycles. The van der Waals surface area contributed by atoms with Crippen LogP contribution in [-0.2, 0) is 21.9 Å². The van der Waals surface area contributed by atoms with E-state index in [1.807, 2.05) is 0 Å². The second-order valence-corrected chi connectivity index (χ2v) is 11.2. The number of ether oxygens (including phenoxy) is 1. The Hall–Kier alpha value is -3.41. The van der Waals surface area contributed by atoms with Gasteiger partial charge in [0.25, 0.3) is 0 Å². The summed E-state index contributed by atoms with van der Waals surface area (Å²) in [7, 11) is 0. The monoisotopic (exact) mass is 566 g/mol. The molecule has 208 valence electrons. The Morgan fingerprint density at radius 2 is 1.87 bits per heavy atom. The molecule has 3 heterocycles. The van der Waals surface area contributed by atoms with Crippen LogP contribution in [0.15, 0.2) is 36.8 Å². The number of amides is 1. The lowest BCUT2D eigenvalue weighted by Gasteiger charge is -2.25. The third-order valence-corrected chi connectivity index (χ3v) is 7.34. The topological polar surface area (TPSA) is 85.2 Å². The second kappa shape index (κ2) is 9.35. The minimum atomic E-state index is -4.54. The van der Waals surface area contributed by atoms with Gasteiger partial charge in [0.2, 0.25) is 5.95 Å². The lowest BCUT2D eigenvalue weighted by molar-refractivity contribution is -0.138. The molecule has 1 amide bonds. The maximum Gasteiger partial charge on any atom is 0.416 e. The number of carbonyl (C=O) groups is 1. The van der Waals surface area contributed by atoms with Gasteiger partial charge in [0.1, 0.15) is 41.8 Å². The van der Waals surface area contributed by atoms with Crippen molar-refractivity contribution in [3.8, 4) is 5.69 Å². The van der Waals surface area contributed by atoms with Crippen LogP contribution in [0.5, 0.6) is 0 Å². The van der Waals surface area contributed by atoms with Gasteiger partial charge in [0, 0.05) is 11.9 Å². The normalized spacial score (nSPS) is 19.7. The number of aromatic nitrogens is 4. The summed E-state index contributed by atoms with van der Waals surface area (Å²) in [4.78, 5) is 26.4. The van der Waals surface area contributed by atoms with E-state index in [0.717, 1.165) is 11.0 Å². The molecule has 2 fully saturated rings. The lowest BCUT2D eigenvalue weighted by Crippen LogP contribution is -2.39. The van der Waals surface area contributed by atoms with Gasteiger partial charge >= 0.3 is 12.3 Å². The number of halogens is 5. The van der Waals surface area contributed by atoms with Crippen LogP contribution in [-0.4, -0.2) is 44.4 Å². The first kappa shape index (κ1) is 27.2. The summed E-state index contributed by atoms with van der Waals surface area (Å²) in [6, 6.07) is 4.80. The third-order valence-electron chi connectivity index (χ3n) is 6.98. The van der Waals surface area contributed by atoms with Crippen LogP contribution in [0.25, 0.3) is 5.69 Å². The van der Waals surface area contributed by atoms with Crippen LogP contribution in [0, 0.1) is 0 Å². The quantitative estimate of drug-likeness (QED) is 0.347. The zero-order valence-electron chi connectivity index (χ0n) is 21.7. The molecule has 1 N–H and O–H groups in total. The SMILES string of the molecule is C[C@H](F)C1COC(=O)N1c1ccnc(NC2(c3ncn(-c4ccc(C(C)(C)C)c(C(F)(F)F)c4)c3Cl)CC2)n1. The van der Waals surface area contributed by atoms with Gasteiger partial charge in [-0.05, 0) is 48.9 Å². The van der Waals surface area contributed by atoms with E-state index in [9.17, 15) is 22.4 Å². The summed E-state index contributed by atoms with van der Waals surface area (Å²) in [5, 5.41) is 3.36. The van der Waals surface area contributed by atoms with Gasteiger partial charge in [-0.3, -0.25) is 9.47 Å². The molecule has 2 aliphatic rings. The van der Waals surface area contributed by atoms with E-state index < -0.39 is 41.0 Å². The van der Waals surface area contributed by atoms with Crippen LogP contribution in [0.1, 0.15) is 57.4 Å². The third kappa shape index (κ3) is 5.02. The summed E-state index contributed by atoms with van der Waals surface area (Å²) in [6.07, 6.45) is -2.54. The van der Waals surface area contributed by atoms with E-state index in [-0.39, 0.29) is 34.8 Å². The fourth-order valence-corrected chi connectivity index (χ4v) is 5.12. The van der Waals surface area contributed by atoms with Crippen LogP contribution in [0.3, 0.4) is 0 Å². The number of benzene rings is 1. The highest BCUT2D eigenvalue weighted by Crippen LogP contribution is 2.50. The zero-order chi connectivity index (χ0) is 28.3. The highest BCUT2D eigenvalue weighted by molar-refractivity contribution is 6.30. The summed E-state index contributed by atoms with van der Waals surface area (Å²) in [5.74, 6) is 0.338. The molecule has 8 nitrogen and oxygen atoms in total. The minimum Gasteiger partial charge on any atom is -0.447 e. The fraction of sp³-hybridized carbons (Fsp3) is 0.462. The minimum absolute atomic E-state index is 0.0902. The number of cyclic esters (lactones) is 1. The molecule has 0 radical (unpaired) electrons. The van der Waals surface area contributed by atoms with Crippen LogP contribution in [0.2, 0.25) is 5.15 Å². The van der Waals surface area contributed by atoms with E-state index in [1.165, 1.54) is 36.1 Å². The van der Waals surface area contributed by atoms with Gasteiger partial charge in [-0.2, -0.15) is 18.2 Å². The molecular formula is C26H27ClF4N6O2. The Kier molecular flexibility index (Phi) is 6.52. The summed E-state index contributed by atoms with van der Waals surface area (Å²) in [6.45, 7) is 6.43. The van der Waals surface area contributed by atoms with Gasteiger partial charge in [0.15, 0.2) is 0 Å². The van der Waals surface area contributed by atoms with Crippen molar-refractivity contribution in [1.29, 1.82) is 0 Å². The van der Waals surface area contributed by atoms with Crippen molar-refractivity contribution in [1.82, 2.24) is 19.5 Å². The molecule has 2 aromatic heterocycles. The number of hydrogen-bond donors (Lipinski definition) is 1. The number of hydrogen-bond acceptors (Lipinski definition) is 6. The smallest absolute Gasteiger partial charge is 0.416 e. The first-order valence-electron chi connectivity index (χ1n) is 12.4. The maximum atomic E-state index is 14.1. The first-order valence-corrected chi connectivity index (χ1v) is 12.8. The van der Waals surface area contributed by atoms with Crippen LogP contribution in [0.4, 0.5) is 34.1 Å². The molecule has 0 bridgehead atoms. The molecule has 5 rings (SSSR count). The predicted octanol–water partition coefficient (Wildman–Crippen LogP) is 6.42. The highest BCUT2D eigenvalue weighted by Gasteiger charge is 2.49. The van der Waals surface area contributed by atoms with Crippen LogP contribution < -0.4 is 10.2 Å². The van der Waals surface area contributed by atoms with E-state index >= 15 is 0 Å². The van der Waals surface area contributed by atoms with Crippen molar-refractivity contribution >= 4 is 29.5 Å². The summed E-state index contributed by atoms with van der Waals surface area (Å²) >= 11 is 6.68. The molecule has 1 saturated carbocycles. The number of anilines is 2. The van der Waals surface area contributed by atoms with Gasteiger partial charge in [-0.25, -0.2) is 19.2 Å². The number of imidazole rings is 1. The Balaban J connectivity index is 1.44. The lowest BCUT2D eigenvalue weighted by atomic mass is 9.83. The Morgan fingerprint density at radius 1 is 1.15 bits per heavy atom. The average molecular weight is 567 g/mol. The molecule has 39 heavy (non-hydrogen) atoms. The van der Waals surface area contributed by atoms with Gasteiger partial charge in [0.05, 0.1) is 11.1 Å². The van der Waals surface area contributed by atoms with Crippen molar-refractivity contribution in [3.05, 3.63) is 58.8 Å². The highest BCUT2D eigenvalue weighted by atomic mass is 35.5. The number of carbonyl (C=O) groups excluding carboxylic acids is 1. The molecule has 13 heteroatoms. The predicted molar refractivity (Wildman–Crippen MR) is 137 cm³/mol. The van der Waals surface area contributed by atoms with Crippen molar-refractivity contribution < 1.29 is 27.1 Å². The first-order chi connectivity index (χ1) is 18.2. The number of rotatable bonds is 6.